The van der Waals surface area contributed by atoms with Crippen molar-refractivity contribution in [2.24, 2.45) is 5.92 Å². The molecule has 1 unspecified atom stereocenters. The van der Waals surface area contributed by atoms with Crippen LogP contribution in [0.2, 0.25) is 0 Å². The minimum Gasteiger partial charge on any atom is -0.481 e. The fraction of sp³-hybridized carbons (Fsp3) is 0.500. The highest BCUT2D eigenvalue weighted by atomic mass is 32.2. The first-order valence-electron chi connectivity index (χ1n) is 6.12. The maximum absolute atomic E-state index is 12.0. The second kappa shape index (κ2) is 5.74. The predicted octanol–water partition coefficient (Wildman–Crippen LogP) is 2.25. The molecule has 0 spiro atoms. The molecule has 1 atom stereocenters. The second-order valence-corrected chi connectivity index (χ2v) is 7.28. The molecule has 1 N–H and O–H groups in total. The van der Waals surface area contributed by atoms with Gasteiger partial charge in [0.15, 0.2) is 9.84 Å². The average molecular weight is 284 g/mol. The number of rotatable bonds is 5. The van der Waals surface area contributed by atoms with Crippen LogP contribution in [0.1, 0.15) is 29.2 Å². The number of carboxylic acids is 1. The molecule has 0 aliphatic rings. The van der Waals surface area contributed by atoms with E-state index in [1.807, 2.05) is 32.9 Å². The summed E-state index contributed by atoms with van der Waals surface area (Å²) < 4.78 is 24.1. The summed E-state index contributed by atoms with van der Waals surface area (Å²) in [7, 11) is -3.42. The van der Waals surface area contributed by atoms with Gasteiger partial charge in [-0.2, -0.15) is 0 Å². The number of benzene rings is 1. The summed E-state index contributed by atoms with van der Waals surface area (Å²) in [5.74, 6) is -2.38. The number of hydrogen-bond donors (Lipinski definition) is 1. The van der Waals surface area contributed by atoms with Crippen LogP contribution in [0.4, 0.5) is 0 Å². The molecule has 0 radical (unpaired) electrons. The zero-order valence-electron chi connectivity index (χ0n) is 11.7. The highest BCUT2D eigenvalue weighted by Gasteiger charge is 2.22. The van der Waals surface area contributed by atoms with Gasteiger partial charge in [-0.05, 0) is 37.5 Å². The Bertz CT molecular complexity index is 564. The lowest BCUT2D eigenvalue weighted by molar-refractivity contribution is -0.140. The van der Waals surface area contributed by atoms with Crippen molar-refractivity contribution in [1.82, 2.24) is 0 Å². The van der Waals surface area contributed by atoms with E-state index < -0.39 is 21.7 Å². The zero-order chi connectivity index (χ0) is 14.8. The fourth-order valence-corrected chi connectivity index (χ4v) is 4.09. The van der Waals surface area contributed by atoms with E-state index in [9.17, 15) is 13.2 Å². The van der Waals surface area contributed by atoms with Gasteiger partial charge in [-0.25, -0.2) is 8.42 Å². The number of carbonyl (C=O) groups is 1. The minimum absolute atomic E-state index is 0.0947. The molecule has 0 saturated heterocycles. The van der Waals surface area contributed by atoms with Gasteiger partial charge < -0.3 is 5.11 Å². The van der Waals surface area contributed by atoms with Gasteiger partial charge in [0.1, 0.15) is 0 Å². The van der Waals surface area contributed by atoms with E-state index >= 15 is 0 Å². The maximum atomic E-state index is 12.0. The van der Waals surface area contributed by atoms with Crippen molar-refractivity contribution >= 4 is 15.8 Å². The van der Waals surface area contributed by atoms with Crippen LogP contribution in [0, 0.1) is 26.7 Å². The summed E-state index contributed by atoms with van der Waals surface area (Å²) >= 11 is 0. The molecule has 0 fully saturated rings. The Hall–Kier alpha value is -1.36. The van der Waals surface area contributed by atoms with Crippen molar-refractivity contribution in [3.05, 3.63) is 34.4 Å². The van der Waals surface area contributed by atoms with E-state index in [1.165, 1.54) is 6.92 Å². The summed E-state index contributed by atoms with van der Waals surface area (Å²) in [4.78, 5) is 10.7. The van der Waals surface area contributed by atoms with Gasteiger partial charge in [-0.15, -0.1) is 0 Å². The van der Waals surface area contributed by atoms with Gasteiger partial charge >= 0.3 is 5.97 Å². The van der Waals surface area contributed by atoms with Crippen LogP contribution >= 0.6 is 0 Å². The molecule has 0 aliphatic carbocycles. The maximum Gasteiger partial charge on any atom is 0.307 e. The lowest BCUT2D eigenvalue weighted by atomic mass is 10.0. The van der Waals surface area contributed by atoms with E-state index in [0.29, 0.717) is 0 Å². The summed E-state index contributed by atoms with van der Waals surface area (Å²) in [6.45, 7) is 7.14. The number of aliphatic carboxylic acids is 1. The minimum atomic E-state index is -3.42. The van der Waals surface area contributed by atoms with Gasteiger partial charge in [-0.3, -0.25) is 4.79 Å². The normalized spacial score (nSPS) is 13.3. The Morgan fingerprint density at radius 3 is 2.11 bits per heavy atom. The van der Waals surface area contributed by atoms with Crippen LogP contribution in [0.5, 0.6) is 0 Å². The third kappa shape index (κ3) is 4.35. The van der Waals surface area contributed by atoms with Gasteiger partial charge in [0.05, 0.1) is 17.4 Å². The van der Waals surface area contributed by atoms with Crippen molar-refractivity contribution in [3.63, 3.8) is 0 Å². The molecule has 106 valence electrons. The highest BCUT2D eigenvalue weighted by molar-refractivity contribution is 7.90. The SMILES string of the molecule is Cc1cc(C)c(CS(=O)(=O)CC(C)C(=O)O)c(C)c1. The Morgan fingerprint density at radius 2 is 1.68 bits per heavy atom. The Balaban J connectivity index is 2.99. The molecular formula is C14H20O4S. The molecule has 0 saturated carbocycles. The average Bonchev–Trinajstić information content (AvgIpc) is 2.22. The predicted molar refractivity (Wildman–Crippen MR) is 74.9 cm³/mol. The van der Waals surface area contributed by atoms with Gasteiger partial charge in [0, 0.05) is 0 Å². The number of aryl methyl sites for hydroxylation is 3. The topological polar surface area (TPSA) is 71.4 Å². The molecular weight excluding hydrogens is 264 g/mol. The first kappa shape index (κ1) is 15.7. The third-order valence-electron chi connectivity index (χ3n) is 3.13. The van der Waals surface area contributed by atoms with Crippen molar-refractivity contribution in [3.8, 4) is 0 Å². The number of sulfone groups is 1. The monoisotopic (exact) mass is 284 g/mol. The van der Waals surface area contributed by atoms with E-state index in [2.05, 4.69) is 0 Å². The molecule has 0 bridgehead atoms. The third-order valence-corrected chi connectivity index (χ3v) is 4.87. The Morgan fingerprint density at radius 1 is 1.21 bits per heavy atom. The van der Waals surface area contributed by atoms with E-state index in [4.69, 9.17) is 5.11 Å². The van der Waals surface area contributed by atoms with Crippen molar-refractivity contribution in [2.75, 3.05) is 5.75 Å². The molecule has 0 aromatic heterocycles. The second-order valence-electron chi connectivity index (χ2n) is 5.17. The van der Waals surface area contributed by atoms with Crippen LogP contribution in [-0.4, -0.2) is 25.2 Å². The molecule has 0 aliphatic heterocycles. The molecule has 1 rings (SSSR count). The summed E-state index contributed by atoms with van der Waals surface area (Å²) in [6.07, 6.45) is 0. The first-order valence-corrected chi connectivity index (χ1v) is 7.94. The largest absolute Gasteiger partial charge is 0.481 e. The summed E-state index contributed by atoms with van der Waals surface area (Å²) in [5.41, 5.74) is 3.74. The van der Waals surface area contributed by atoms with E-state index in [0.717, 1.165) is 22.3 Å². The molecule has 0 amide bonds. The Kier molecular flexibility index (Phi) is 4.74. The van der Waals surface area contributed by atoms with E-state index in [-0.39, 0.29) is 11.5 Å². The molecule has 5 heteroatoms. The molecule has 19 heavy (non-hydrogen) atoms. The van der Waals surface area contributed by atoms with Crippen LogP contribution < -0.4 is 0 Å². The lowest BCUT2D eigenvalue weighted by Gasteiger charge is -2.13. The van der Waals surface area contributed by atoms with Crippen molar-refractivity contribution in [2.45, 2.75) is 33.4 Å². The Labute approximate surface area is 114 Å². The smallest absolute Gasteiger partial charge is 0.307 e. The van der Waals surface area contributed by atoms with Crippen molar-refractivity contribution in [1.29, 1.82) is 0 Å². The van der Waals surface area contributed by atoms with Crippen LogP contribution in [0.3, 0.4) is 0 Å². The van der Waals surface area contributed by atoms with Crippen molar-refractivity contribution < 1.29 is 18.3 Å². The molecule has 0 heterocycles. The lowest BCUT2D eigenvalue weighted by Crippen LogP contribution is -2.22. The molecule has 1 aromatic rings. The first-order chi connectivity index (χ1) is 8.62. The summed E-state index contributed by atoms with van der Waals surface area (Å²) in [6, 6.07) is 3.89. The fourth-order valence-electron chi connectivity index (χ4n) is 2.17. The molecule has 4 nitrogen and oxygen atoms in total. The van der Waals surface area contributed by atoms with Crippen LogP contribution in [0.15, 0.2) is 12.1 Å². The highest BCUT2D eigenvalue weighted by Crippen LogP contribution is 2.20. The number of hydrogen-bond acceptors (Lipinski definition) is 3. The van der Waals surface area contributed by atoms with E-state index in [1.54, 1.807) is 0 Å². The van der Waals surface area contributed by atoms with Crippen LogP contribution in [-0.2, 0) is 20.4 Å². The quantitative estimate of drug-likeness (QED) is 0.900. The molecule has 1 aromatic carbocycles. The summed E-state index contributed by atoms with van der Waals surface area (Å²) in [5, 5.41) is 8.79. The van der Waals surface area contributed by atoms with Gasteiger partial charge in [0.25, 0.3) is 0 Å². The standard InChI is InChI=1S/C14H20O4S/c1-9-5-10(2)13(11(3)6-9)8-19(17,18)7-12(4)14(15)16/h5-6,12H,7-8H2,1-4H3,(H,15,16). The number of carboxylic acid groups (broad SMARTS) is 1. The van der Waals surface area contributed by atoms with Gasteiger partial charge in [-0.1, -0.05) is 24.6 Å². The van der Waals surface area contributed by atoms with Gasteiger partial charge in [0.2, 0.25) is 0 Å². The van der Waals surface area contributed by atoms with Crippen LogP contribution in [0.25, 0.3) is 0 Å². The zero-order valence-corrected chi connectivity index (χ0v) is 12.5.